The van der Waals surface area contributed by atoms with Gasteiger partial charge in [-0.05, 0) is 69.4 Å². The molecule has 2 unspecified atom stereocenters. The van der Waals surface area contributed by atoms with Crippen molar-refractivity contribution in [2.24, 2.45) is 17.8 Å². The number of hydrogen-bond acceptors (Lipinski definition) is 2. The Hall–Kier alpha value is -0.570. The minimum Gasteiger partial charge on any atom is -0.339 e. The first-order valence-electron chi connectivity index (χ1n) is 9.26. The van der Waals surface area contributed by atoms with E-state index in [1.807, 2.05) is 0 Å². The van der Waals surface area contributed by atoms with Gasteiger partial charge in [-0.2, -0.15) is 0 Å². The highest BCUT2D eigenvalue weighted by molar-refractivity contribution is 5.77. The minimum absolute atomic E-state index is 0.454. The van der Waals surface area contributed by atoms with Gasteiger partial charge in [0, 0.05) is 19.0 Å². The van der Waals surface area contributed by atoms with Gasteiger partial charge in [-0.1, -0.05) is 19.8 Å². The molecule has 0 aromatic carbocycles. The van der Waals surface area contributed by atoms with E-state index in [2.05, 4.69) is 17.1 Å². The maximum Gasteiger partial charge on any atom is 0.223 e. The second kappa shape index (κ2) is 7.13. The lowest BCUT2D eigenvalue weighted by Gasteiger charge is -2.33. The van der Waals surface area contributed by atoms with Crippen molar-refractivity contribution in [3.05, 3.63) is 0 Å². The van der Waals surface area contributed by atoms with Crippen LogP contribution in [0.5, 0.6) is 0 Å². The van der Waals surface area contributed by atoms with E-state index < -0.39 is 0 Å². The molecule has 2 aliphatic heterocycles. The second-order valence-electron chi connectivity index (χ2n) is 7.61. The predicted octanol–water partition coefficient (Wildman–Crippen LogP) is 3.19. The SMILES string of the molecule is CC(CC(=O)N1CCCC1C1CCCC1)C1CCNCC1. The van der Waals surface area contributed by atoms with Crippen LogP contribution in [-0.2, 0) is 4.79 Å². The van der Waals surface area contributed by atoms with Crippen LogP contribution in [0.4, 0.5) is 0 Å². The fraction of sp³-hybridized carbons (Fsp3) is 0.944. The lowest BCUT2D eigenvalue weighted by molar-refractivity contribution is -0.134. The zero-order valence-corrected chi connectivity index (χ0v) is 13.7. The Balaban J connectivity index is 1.53. The number of rotatable bonds is 4. The summed E-state index contributed by atoms with van der Waals surface area (Å²) in [7, 11) is 0. The summed E-state index contributed by atoms with van der Waals surface area (Å²) >= 11 is 0. The summed E-state index contributed by atoms with van der Waals surface area (Å²) in [5, 5.41) is 3.43. The third-order valence-corrected chi connectivity index (χ3v) is 6.25. The number of amides is 1. The lowest BCUT2D eigenvalue weighted by atomic mass is 9.83. The molecular weight excluding hydrogens is 260 g/mol. The van der Waals surface area contributed by atoms with Gasteiger partial charge in [0.05, 0.1) is 0 Å². The quantitative estimate of drug-likeness (QED) is 0.863. The van der Waals surface area contributed by atoms with Crippen molar-refractivity contribution in [1.82, 2.24) is 10.2 Å². The van der Waals surface area contributed by atoms with Crippen molar-refractivity contribution >= 4 is 5.91 Å². The molecule has 2 atom stereocenters. The summed E-state index contributed by atoms with van der Waals surface area (Å²) < 4.78 is 0. The van der Waals surface area contributed by atoms with Crippen LogP contribution in [-0.4, -0.2) is 36.5 Å². The summed E-state index contributed by atoms with van der Waals surface area (Å²) in [6.07, 6.45) is 11.3. The molecule has 21 heavy (non-hydrogen) atoms. The van der Waals surface area contributed by atoms with Crippen LogP contribution in [0.25, 0.3) is 0 Å². The summed E-state index contributed by atoms with van der Waals surface area (Å²) in [5.41, 5.74) is 0. The van der Waals surface area contributed by atoms with E-state index in [9.17, 15) is 4.79 Å². The molecule has 0 bridgehead atoms. The molecule has 3 aliphatic rings. The molecule has 3 heteroatoms. The lowest BCUT2D eigenvalue weighted by Crippen LogP contribution is -2.41. The molecule has 3 rings (SSSR count). The van der Waals surface area contributed by atoms with Gasteiger partial charge in [0.1, 0.15) is 0 Å². The zero-order chi connectivity index (χ0) is 14.7. The van der Waals surface area contributed by atoms with Gasteiger partial charge in [0.2, 0.25) is 5.91 Å². The predicted molar refractivity (Wildman–Crippen MR) is 86.1 cm³/mol. The fourth-order valence-electron chi connectivity index (χ4n) is 4.91. The van der Waals surface area contributed by atoms with Crippen LogP contribution in [0.1, 0.15) is 64.7 Å². The number of nitrogens with one attached hydrogen (secondary N) is 1. The molecule has 120 valence electrons. The van der Waals surface area contributed by atoms with Gasteiger partial charge in [0.15, 0.2) is 0 Å². The highest BCUT2D eigenvalue weighted by Gasteiger charge is 2.36. The maximum absolute atomic E-state index is 12.8. The normalized spacial score (nSPS) is 30.0. The molecule has 0 aromatic rings. The summed E-state index contributed by atoms with van der Waals surface area (Å²) in [4.78, 5) is 15.0. The number of carbonyl (C=O) groups is 1. The zero-order valence-electron chi connectivity index (χ0n) is 13.7. The highest BCUT2D eigenvalue weighted by atomic mass is 16.2. The van der Waals surface area contributed by atoms with Crippen LogP contribution in [0.15, 0.2) is 0 Å². The molecule has 2 heterocycles. The van der Waals surface area contributed by atoms with Crippen LogP contribution in [0.3, 0.4) is 0 Å². The Morgan fingerprint density at radius 1 is 1.10 bits per heavy atom. The molecule has 2 saturated heterocycles. The smallest absolute Gasteiger partial charge is 0.223 e. The van der Waals surface area contributed by atoms with Crippen molar-refractivity contribution in [2.45, 2.75) is 70.8 Å². The molecule has 1 aliphatic carbocycles. The van der Waals surface area contributed by atoms with E-state index in [1.165, 1.54) is 51.4 Å². The largest absolute Gasteiger partial charge is 0.339 e. The summed E-state index contributed by atoms with van der Waals surface area (Å²) in [5.74, 6) is 2.58. The summed E-state index contributed by atoms with van der Waals surface area (Å²) in [6.45, 7) is 5.60. The van der Waals surface area contributed by atoms with Crippen LogP contribution in [0, 0.1) is 17.8 Å². The molecule has 1 amide bonds. The summed E-state index contributed by atoms with van der Waals surface area (Å²) in [6, 6.07) is 0.584. The second-order valence-corrected chi connectivity index (χ2v) is 7.61. The minimum atomic E-state index is 0.454. The van der Waals surface area contributed by atoms with Crippen molar-refractivity contribution in [3.8, 4) is 0 Å². The van der Waals surface area contributed by atoms with Gasteiger partial charge in [-0.3, -0.25) is 4.79 Å². The molecule has 3 fully saturated rings. The average Bonchev–Trinajstić information content (AvgIpc) is 3.18. The molecule has 1 N–H and O–H groups in total. The van der Waals surface area contributed by atoms with Gasteiger partial charge in [0.25, 0.3) is 0 Å². The first-order valence-corrected chi connectivity index (χ1v) is 9.26. The first kappa shape index (κ1) is 15.3. The Labute approximate surface area is 129 Å². The van der Waals surface area contributed by atoms with E-state index >= 15 is 0 Å². The number of carbonyl (C=O) groups excluding carboxylic acids is 1. The van der Waals surface area contributed by atoms with E-state index in [1.54, 1.807) is 0 Å². The molecule has 0 radical (unpaired) electrons. The highest BCUT2D eigenvalue weighted by Crippen LogP contribution is 2.36. The van der Waals surface area contributed by atoms with Gasteiger partial charge in [-0.15, -0.1) is 0 Å². The number of nitrogens with zero attached hydrogens (tertiary/aromatic N) is 1. The third kappa shape index (κ3) is 3.61. The van der Waals surface area contributed by atoms with E-state index in [0.717, 1.165) is 37.9 Å². The number of piperidine rings is 1. The van der Waals surface area contributed by atoms with Gasteiger partial charge in [-0.25, -0.2) is 0 Å². The van der Waals surface area contributed by atoms with Gasteiger partial charge >= 0.3 is 0 Å². The third-order valence-electron chi connectivity index (χ3n) is 6.25. The topological polar surface area (TPSA) is 32.3 Å². The fourth-order valence-corrected chi connectivity index (χ4v) is 4.91. The maximum atomic E-state index is 12.8. The van der Waals surface area contributed by atoms with Crippen molar-refractivity contribution in [2.75, 3.05) is 19.6 Å². The standard InChI is InChI=1S/C18H32N2O/c1-14(15-8-10-19-11-9-15)13-18(21)20-12-4-7-17(20)16-5-2-3-6-16/h14-17,19H,2-13H2,1H3. The Bertz CT molecular complexity index is 345. The van der Waals surface area contributed by atoms with E-state index in [-0.39, 0.29) is 0 Å². The van der Waals surface area contributed by atoms with Crippen LogP contribution >= 0.6 is 0 Å². The molecule has 1 saturated carbocycles. The Morgan fingerprint density at radius 3 is 2.52 bits per heavy atom. The van der Waals surface area contributed by atoms with Crippen molar-refractivity contribution < 1.29 is 4.79 Å². The van der Waals surface area contributed by atoms with Crippen molar-refractivity contribution in [1.29, 1.82) is 0 Å². The van der Waals surface area contributed by atoms with Gasteiger partial charge < -0.3 is 10.2 Å². The van der Waals surface area contributed by atoms with E-state index in [4.69, 9.17) is 0 Å². The first-order chi connectivity index (χ1) is 10.3. The molecule has 0 spiro atoms. The molecular formula is C18H32N2O. The van der Waals surface area contributed by atoms with Crippen molar-refractivity contribution in [3.63, 3.8) is 0 Å². The molecule has 3 nitrogen and oxygen atoms in total. The number of hydrogen-bond donors (Lipinski definition) is 1. The monoisotopic (exact) mass is 292 g/mol. The average molecular weight is 292 g/mol. The van der Waals surface area contributed by atoms with E-state index in [0.29, 0.717) is 17.9 Å². The van der Waals surface area contributed by atoms with Crippen LogP contribution in [0.2, 0.25) is 0 Å². The Morgan fingerprint density at radius 2 is 1.81 bits per heavy atom. The van der Waals surface area contributed by atoms with Crippen LogP contribution < -0.4 is 5.32 Å². The number of likely N-dealkylation sites (tertiary alicyclic amines) is 1. The Kier molecular flexibility index (Phi) is 5.20. The molecule has 0 aromatic heterocycles.